The van der Waals surface area contributed by atoms with Crippen LogP contribution in [0.15, 0.2) is 0 Å². The number of terminal acetylenes is 1. The minimum absolute atomic E-state index is 0.225. The molecule has 0 aliphatic carbocycles. The number of carbonyl (C=O) groups is 1. The fourth-order valence-corrected chi connectivity index (χ4v) is 0.192. The zero-order valence-electron chi connectivity index (χ0n) is 4.16. The summed E-state index contributed by atoms with van der Waals surface area (Å²) in [4.78, 5) is 10.1. The minimum Gasteiger partial charge on any atom is -0.362 e. The number of carbonyl (C=O) groups excluding carboxylic acids is 1. The number of aliphatic hydroxyl groups excluding tert-OH is 1. The van der Waals surface area contributed by atoms with Gasteiger partial charge in [-0.1, -0.05) is 5.92 Å². The van der Waals surface area contributed by atoms with Crippen LogP contribution in [0.1, 0.15) is 6.42 Å². The maximum Gasteiger partial charge on any atom is 0.213 e. The molecule has 0 aromatic carbocycles. The topological polar surface area (TPSA) is 57.5 Å². The zero-order valence-corrected chi connectivity index (χ0v) is 4.16. The Hall–Kier alpha value is -0.850. The number of aliphatic hydroxyl groups is 2. The van der Waals surface area contributed by atoms with Crippen molar-refractivity contribution >= 4 is 5.78 Å². The SMILES string of the molecule is C#CCC(=O)C(O)O. The molecular formula is C5H6O3. The summed E-state index contributed by atoms with van der Waals surface area (Å²) in [6, 6.07) is 0. The molecule has 44 valence electrons. The lowest BCUT2D eigenvalue weighted by molar-refractivity contribution is -0.143. The molecule has 0 amide bonds. The first kappa shape index (κ1) is 7.15. The molecule has 0 saturated heterocycles. The van der Waals surface area contributed by atoms with Crippen LogP contribution in [0.2, 0.25) is 0 Å². The summed E-state index contributed by atoms with van der Waals surface area (Å²) in [6.45, 7) is 0. The number of rotatable bonds is 2. The summed E-state index contributed by atoms with van der Waals surface area (Å²) in [5.41, 5.74) is 0. The van der Waals surface area contributed by atoms with Gasteiger partial charge in [-0.3, -0.25) is 4.79 Å². The Morgan fingerprint density at radius 3 is 2.38 bits per heavy atom. The normalized spacial score (nSPS) is 8.75. The van der Waals surface area contributed by atoms with Crippen molar-refractivity contribution in [3.8, 4) is 12.3 Å². The molecule has 0 atom stereocenters. The first-order valence-electron chi connectivity index (χ1n) is 2.00. The number of Topliss-reactive ketones (excluding diaryl/α,β-unsaturated/α-hetero) is 1. The van der Waals surface area contributed by atoms with Crippen LogP contribution in [0.5, 0.6) is 0 Å². The molecule has 8 heavy (non-hydrogen) atoms. The van der Waals surface area contributed by atoms with E-state index in [1.54, 1.807) is 0 Å². The van der Waals surface area contributed by atoms with Crippen molar-refractivity contribution in [3.63, 3.8) is 0 Å². The summed E-state index contributed by atoms with van der Waals surface area (Å²) in [5.74, 6) is 1.24. The van der Waals surface area contributed by atoms with Gasteiger partial charge in [-0.25, -0.2) is 0 Å². The van der Waals surface area contributed by atoms with Crippen molar-refractivity contribution in [1.82, 2.24) is 0 Å². The third-order valence-corrected chi connectivity index (χ3v) is 0.564. The summed E-state index contributed by atoms with van der Waals surface area (Å²) in [7, 11) is 0. The minimum atomic E-state index is -1.91. The highest BCUT2D eigenvalue weighted by molar-refractivity contribution is 5.83. The van der Waals surface area contributed by atoms with E-state index in [1.165, 1.54) is 0 Å². The van der Waals surface area contributed by atoms with Crippen molar-refractivity contribution < 1.29 is 15.0 Å². The van der Waals surface area contributed by atoms with Gasteiger partial charge in [0.05, 0.1) is 6.42 Å². The van der Waals surface area contributed by atoms with Gasteiger partial charge in [0, 0.05) is 0 Å². The molecule has 0 saturated carbocycles. The van der Waals surface area contributed by atoms with E-state index in [2.05, 4.69) is 6.42 Å². The van der Waals surface area contributed by atoms with Gasteiger partial charge in [-0.2, -0.15) is 0 Å². The van der Waals surface area contributed by atoms with E-state index in [1.807, 2.05) is 5.92 Å². The highest BCUT2D eigenvalue weighted by atomic mass is 16.5. The summed E-state index contributed by atoms with van der Waals surface area (Å²) >= 11 is 0. The summed E-state index contributed by atoms with van der Waals surface area (Å²) in [5, 5.41) is 16.1. The molecule has 0 fully saturated rings. The Morgan fingerprint density at radius 2 is 2.25 bits per heavy atom. The van der Waals surface area contributed by atoms with Crippen LogP contribution in [0.4, 0.5) is 0 Å². The van der Waals surface area contributed by atoms with E-state index in [0.29, 0.717) is 0 Å². The van der Waals surface area contributed by atoms with Gasteiger partial charge in [0.25, 0.3) is 0 Å². The molecular weight excluding hydrogens is 108 g/mol. The highest BCUT2D eigenvalue weighted by Gasteiger charge is 2.06. The van der Waals surface area contributed by atoms with Gasteiger partial charge >= 0.3 is 0 Å². The second-order valence-electron chi connectivity index (χ2n) is 1.22. The van der Waals surface area contributed by atoms with Crippen molar-refractivity contribution in [2.45, 2.75) is 12.7 Å². The number of hydrogen-bond acceptors (Lipinski definition) is 3. The number of ketones is 1. The van der Waals surface area contributed by atoms with Crippen molar-refractivity contribution in [1.29, 1.82) is 0 Å². The average Bonchev–Trinajstić information content (AvgIpc) is 1.67. The van der Waals surface area contributed by atoms with Gasteiger partial charge in [0.15, 0.2) is 5.78 Å². The fourth-order valence-electron chi connectivity index (χ4n) is 0.192. The van der Waals surface area contributed by atoms with Crippen molar-refractivity contribution in [2.24, 2.45) is 0 Å². The largest absolute Gasteiger partial charge is 0.362 e. The first-order valence-corrected chi connectivity index (χ1v) is 2.00. The third kappa shape index (κ3) is 2.35. The molecule has 2 N–H and O–H groups in total. The zero-order chi connectivity index (χ0) is 6.57. The fraction of sp³-hybridized carbons (Fsp3) is 0.400. The Labute approximate surface area is 46.9 Å². The standard InChI is InChI=1S/C5H6O3/c1-2-3-4(6)5(7)8/h1,5,7-8H,3H2. The van der Waals surface area contributed by atoms with Crippen molar-refractivity contribution in [3.05, 3.63) is 0 Å². The van der Waals surface area contributed by atoms with Crippen molar-refractivity contribution in [2.75, 3.05) is 0 Å². The predicted molar refractivity (Wildman–Crippen MR) is 26.7 cm³/mol. The molecule has 3 heteroatoms. The Balaban J connectivity index is 3.53. The smallest absolute Gasteiger partial charge is 0.213 e. The highest BCUT2D eigenvalue weighted by Crippen LogP contribution is 1.83. The van der Waals surface area contributed by atoms with Crippen LogP contribution in [0.3, 0.4) is 0 Å². The Kier molecular flexibility index (Phi) is 2.85. The van der Waals surface area contributed by atoms with Crippen LogP contribution in [-0.4, -0.2) is 22.3 Å². The van der Waals surface area contributed by atoms with Gasteiger partial charge in [-0.15, -0.1) is 6.42 Å². The monoisotopic (exact) mass is 114 g/mol. The molecule has 0 aliphatic heterocycles. The molecule has 0 radical (unpaired) electrons. The van der Waals surface area contributed by atoms with Crippen LogP contribution in [-0.2, 0) is 4.79 Å². The van der Waals surface area contributed by atoms with E-state index in [9.17, 15) is 4.79 Å². The lowest BCUT2D eigenvalue weighted by Gasteiger charge is -1.94. The predicted octanol–water partition coefficient (Wildman–Crippen LogP) is -1.11. The molecule has 0 bridgehead atoms. The second kappa shape index (κ2) is 3.19. The van der Waals surface area contributed by atoms with Crippen LogP contribution >= 0.6 is 0 Å². The van der Waals surface area contributed by atoms with E-state index < -0.39 is 12.1 Å². The molecule has 0 aromatic heterocycles. The molecule has 0 unspecified atom stereocenters. The van der Waals surface area contributed by atoms with E-state index in [0.717, 1.165) is 0 Å². The molecule has 0 aromatic rings. The molecule has 0 heterocycles. The second-order valence-corrected chi connectivity index (χ2v) is 1.22. The Bertz CT molecular complexity index is 120. The van der Waals surface area contributed by atoms with Crippen LogP contribution in [0.25, 0.3) is 0 Å². The first-order chi connectivity index (χ1) is 3.68. The van der Waals surface area contributed by atoms with Gasteiger partial charge in [0.1, 0.15) is 0 Å². The Morgan fingerprint density at radius 1 is 1.75 bits per heavy atom. The molecule has 3 nitrogen and oxygen atoms in total. The van der Waals surface area contributed by atoms with Gasteiger partial charge < -0.3 is 10.2 Å². The summed E-state index contributed by atoms with van der Waals surface area (Å²) < 4.78 is 0. The third-order valence-electron chi connectivity index (χ3n) is 0.564. The lowest BCUT2D eigenvalue weighted by Crippen LogP contribution is -2.17. The van der Waals surface area contributed by atoms with E-state index in [4.69, 9.17) is 10.2 Å². The summed E-state index contributed by atoms with van der Waals surface area (Å²) in [6.07, 6.45) is 2.54. The van der Waals surface area contributed by atoms with Crippen LogP contribution < -0.4 is 0 Å². The van der Waals surface area contributed by atoms with E-state index in [-0.39, 0.29) is 6.42 Å². The van der Waals surface area contributed by atoms with Crippen LogP contribution in [0, 0.1) is 12.3 Å². The maximum atomic E-state index is 10.1. The molecule has 0 spiro atoms. The van der Waals surface area contributed by atoms with Gasteiger partial charge in [0.2, 0.25) is 6.29 Å². The quantitative estimate of drug-likeness (QED) is 0.353. The van der Waals surface area contributed by atoms with E-state index >= 15 is 0 Å². The maximum absolute atomic E-state index is 10.1. The van der Waals surface area contributed by atoms with Gasteiger partial charge in [-0.05, 0) is 0 Å². The lowest BCUT2D eigenvalue weighted by atomic mass is 10.3. The number of hydrogen-bond donors (Lipinski definition) is 2. The molecule has 0 rings (SSSR count). The molecule has 0 aliphatic rings. The average molecular weight is 114 g/mol.